The molecule has 5 heteroatoms. The fourth-order valence-electron chi connectivity index (χ4n) is 1.63. The molecule has 0 aliphatic heterocycles. The van der Waals surface area contributed by atoms with Crippen LogP contribution < -0.4 is 4.74 Å². The summed E-state index contributed by atoms with van der Waals surface area (Å²) in [5.74, 6) is -0.288. The molecule has 0 aliphatic rings. The van der Waals surface area contributed by atoms with Crippen LogP contribution in [0, 0.1) is 5.92 Å². The van der Waals surface area contributed by atoms with Crippen molar-refractivity contribution >= 4 is 11.9 Å². The number of aliphatic carboxylic acids is 1. The molecule has 1 rings (SSSR count). The number of hydrogen-bond acceptors (Lipinski definition) is 4. The van der Waals surface area contributed by atoms with Gasteiger partial charge < -0.3 is 14.6 Å². The SMILES string of the molecule is CC(C)CCOC(=O)C(C)Oc1ccc(CC(=O)O)cc1. The second-order valence-corrected chi connectivity index (χ2v) is 5.32. The predicted molar refractivity (Wildman–Crippen MR) is 78.3 cm³/mol. The Labute approximate surface area is 124 Å². The summed E-state index contributed by atoms with van der Waals surface area (Å²) in [7, 11) is 0. The number of benzene rings is 1. The van der Waals surface area contributed by atoms with Crippen molar-refractivity contribution in [3.8, 4) is 5.75 Å². The number of carbonyl (C=O) groups excluding carboxylic acids is 1. The summed E-state index contributed by atoms with van der Waals surface area (Å²) in [6.07, 6.45) is 0.0950. The van der Waals surface area contributed by atoms with E-state index in [9.17, 15) is 9.59 Å². The van der Waals surface area contributed by atoms with E-state index in [1.165, 1.54) is 0 Å². The second-order valence-electron chi connectivity index (χ2n) is 5.32. The molecule has 21 heavy (non-hydrogen) atoms. The molecule has 0 spiro atoms. The first-order valence-electron chi connectivity index (χ1n) is 7.02. The standard InChI is InChI=1S/C16H22O5/c1-11(2)8-9-20-16(19)12(3)21-14-6-4-13(5-7-14)10-15(17)18/h4-7,11-12H,8-10H2,1-3H3,(H,17,18). The van der Waals surface area contributed by atoms with Gasteiger partial charge in [-0.25, -0.2) is 4.79 Å². The maximum atomic E-state index is 11.7. The van der Waals surface area contributed by atoms with E-state index in [4.69, 9.17) is 14.6 Å². The summed E-state index contributed by atoms with van der Waals surface area (Å²) < 4.78 is 10.6. The van der Waals surface area contributed by atoms with Crippen LogP contribution in [0.15, 0.2) is 24.3 Å². The van der Waals surface area contributed by atoms with E-state index in [1.807, 2.05) is 0 Å². The highest BCUT2D eigenvalue weighted by Crippen LogP contribution is 2.15. The highest BCUT2D eigenvalue weighted by molar-refractivity contribution is 5.74. The molecule has 1 unspecified atom stereocenters. The molecule has 0 bridgehead atoms. The lowest BCUT2D eigenvalue weighted by atomic mass is 10.1. The Morgan fingerprint density at radius 1 is 1.14 bits per heavy atom. The largest absolute Gasteiger partial charge is 0.481 e. The first-order valence-corrected chi connectivity index (χ1v) is 7.02. The average molecular weight is 294 g/mol. The summed E-state index contributed by atoms with van der Waals surface area (Å²) in [5.41, 5.74) is 0.682. The molecule has 0 heterocycles. The highest BCUT2D eigenvalue weighted by atomic mass is 16.6. The van der Waals surface area contributed by atoms with Crippen LogP contribution in [0.2, 0.25) is 0 Å². The molecule has 116 valence electrons. The van der Waals surface area contributed by atoms with E-state index in [0.717, 1.165) is 6.42 Å². The molecule has 0 saturated heterocycles. The third-order valence-corrected chi connectivity index (χ3v) is 2.86. The summed E-state index contributed by atoms with van der Waals surface area (Å²) in [6.45, 7) is 6.14. The van der Waals surface area contributed by atoms with Crippen LogP contribution in [-0.4, -0.2) is 29.8 Å². The van der Waals surface area contributed by atoms with Crippen LogP contribution in [0.3, 0.4) is 0 Å². The van der Waals surface area contributed by atoms with Crippen LogP contribution >= 0.6 is 0 Å². The summed E-state index contributed by atoms with van der Waals surface area (Å²) >= 11 is 0. The minimum Gasteiger partial charge on any atom is -0.481 e. The molecular formula is C16H22O5. The number of rotatable bonds is 8. The zero-order chi connectivity index (χ0) is 15.8. The van der Waals surface area contributed by atoms with Crippen molar-refractivity contribution in [1.82, 2.24) is 0 Å². The lowest BCUT2D eigenvalue weighted by Gasteiger charge is -2.14. The molecule has 0 saturated carbocycles. The van der Waals surface area contributed by atoms with Crippen molar-refractivity contribution in [2.45, 2.75) is 39.7 Å². The summed E-state index contributed by atoms with van der Waals surface area (Å²) in [4.78, 5) is 22.3. The normalized spacial score (nSPS) is 12.0. The minimum absolute atomic E-state index is 0.0346. The summed E-state index contributed by atoms with van der Waals surface area (Å²) in [5, 5.41) is 8.68. The van der Waals surface area contributed by atoms with Crippen LogP contribution in [0.25, 0.3) is 0 Å². The molecule has 5 nitrogen and oxygen atoms in total. The van der Waals surface area contributed by atoms with Crippen LogP contribution in [0.1, 0.15) is 32.8 Å². The molecular weight excluding hydrogens is 272 g/mol. The molecule has 0 amide bonds. The Kier molecular flexibility index (Phi) is 6.72. The van der Waals surface area contributed by atoms with Gasteiger partial charge in [0, 0.05) is 0 Å². The van der Waals surface area contributed by atoms with Gasteiger partial charge in [-0.3, -0.25) is 4.79 Å². The lowest BCUT2D eigenvalue weighted by molar-refractivity contribution is -0.151. The van der Waals surface area contributed by atoms with Gasteiger partial charge in [0.1, 0.15) is 5.75 Å². The molecule has 0 aliphatic carbocycles. The zero-order valence-corrected chi connectivity index (χ0v) is 12.7. The van der Waals surface area contributed by atoms with Gasteiger partial charge in [0.25, 0.3) is 0 Å². The van der Waals surface area contributed by atoms with E-state index in [-0.39, 0.29) is 6.42 Å². The predicted octanol–water partition coefficient (Wildman–Crippen LogP) is 2.67. The Balaban J connectivity index is 2.44. The lowest BCUT2D eigenvalue weighted by Crippen LogP contribution is -2.26. The van der Waals surface area contributed by atoms with E-state index < -0.39 is 18.0 Å². The number of ether oxygens (including phenoxy) is 2. The van der Waals surface area contributed by atoms with Crippen molar-refractivity contribution in [2.24, 2.45) is 5.92 Å². The van der Waals surface area contributed by atoms with E-state index in [1.54, 1.807) is 31.2 Å². The van der Waals surface area contributed by atoms with Gasteiger partial charge in [0.2, 0.25) is 0 Å². The van der Waals surface area contributed by atoms with Gasteiger partial charge in [0.15, 0.2) is 6.10 Å². The smallest absolute Gasteiger partial charge is 0.347 e. The molecule has 0 aromatic heterocycles. The van der Waals surface area contributed by atoms with Crippen molar-refractivity contribution in [1.29, 1.82) is 0 Å². The number of hydrogen-bond donors (Lipinski definition) is 1. The maximum absolute atomic E-state index is 11.7. The minimum atomic E-state index is -0.884. The highest BCUT2D eigenvalue weighted by Gasteiger charge is 2.16. The van der Waals surface area contributed by atoms with Crippen LogP contribution in [0.4, 0.5) is 0 Å². The molecule has 0 fully saturated rings. The van der Waals surface area contributed by atoms with Gasteiger partial charge in [0.05, 0.1) is 13.0 Å². The topological polar surface area (TPSA) is 72.8 Å². The first-order chi connectivity index (χ1) is 9.88. The van der Waals surface area contributed by atoms with E-state index in [2.05, 4.69) is 13.8 Å². The molecule has 0 radical (unpaired) electrons. The van der Waals surface area contributed by atoms with Crippen molar-refractivity contribution in [3.63, 3.8) is 0 Å². The Hall–Kier alpha value is -2.04. The van der Waals surface area contributed by atoms with Gasteiger partial charge in [-0.05, 0) is 37.0 Å². The van der Waals surface area contributed by atoms with E-state index >= 15 is 0 Å². The Morgan fingerprint density at radius 2 is 1.76 bits per heavy atom. The Morgan fingerprint density at radius 3 is 2.29 bits per heavy atom. The average Bonchev–Trinajstić information content (AvgIpc) is 2.39. The first kappa shape index (κ1) is 17.0. The summed E-state index contributed by atoms with van der Waals surface area (Å²) in [6, 6.07) is 6.63. The third-order valence-electron chi connectivity index (χ3n) is 2.86. The van der Waals surface area contributed by atoms with Crippen LogP contribution in [0.5, 0.6) is 5.75 Å². The molecule has 1 aromatic carbocycles. The number of carbonyl (C=O) groups is 2. The number of carboxylic acids is 1. The third kappa shape index (κ3) is 6.79. The van der Waals surface area contributed by atoms with Crippen LogP contribution in [-0.2, 0) is 20.7 Å². The van der Waals surface area contributed by atoms with Gasteiger partial charge in [-0.2, -0.15) is 0 Å². The molecule has 1 aromatic rings. The number of carboxylic acid groups (broad SMARTS) is 1. The van der Waals surface area contributed by atoms with Crippen molar-refractivity contribution in [2.75, 3.05) is 6.61 Å². The zero-order valence-electron chi connectivity index (χ0n) is 12.7. The molecule has 1 N–H and O–H groups in total. The van der Waals surface area contributed by atoms with Crippen molar-refractivity contribution in [3.05, 3.63) is 29.8 Å². The van der Waals surface area contributed by atoms with Crippen molar-refractivity contribution < 1.29 is 24.2 Å². The van der Waals surface area contributed by atoms with Gasteiger partial charge in [-0.15, -0.1) is 0 Å². The van der Waals surface area contributed by atoms with E-state index in [0.29, 0.717) is 23.8 Å². The number of esters is 1. The Bertz CT molecular complexity index is 464. The van der Waals surface area contributed by atoms with Gasteiger partial charge in [-0.1, -0.05) is 26.0 Å². The quantitative estimate of drug-likeness (QED) is 0.746. The fraction of sp³-hybridized carbons (Fsp3) is 0.500. The maximum Gasteiger partial charge on any atom is 0.347 e. The monoisotopic (exact) mass is 294 g/mol. The molecule has 1 atom stereocenters. The van der Waals surface area contributed by atoms with Gasteiger partial charge >= 0.3 is 11.9 Å². The second kappa shape index (κ2) is 8.29. The fourth-order valence-corrected chi connectivity index (χ4v) is 1.63.